The van der Waals surface area contributed by atoms with Crippen LogP contribution in [0.1, 0.15) is 18.5 Å². The van der Waals surface area contributed by atoms with Gasteiger partial charge in [0.2, 0.25) is 0 Å². The third-order valence-electron chi connectivity index (χ3n) is 3.22. The average Bonchev–Trinajstić information content (AvgIpc) is 2.88. The minimum absolute atomic E-state index is 0.212. The molecule has 1 aromatic heterocycles. The zero-order valence-electron chi connectivity index (χ0n) is 10.5. The normalized spacial score (nSPS) is 12.5. The van der Waals surface area contributed by atoms with Gasteiger partial charge in [0.15, 0.2) is 0 Å². The number of aromatic amines is 1. The Kier molecular flexibility index (Phi) is 3.25. The van der Waals surface area contributed by atoms with Gasteiger partial charge in [-0.15, -0.1) is 0 Å². The number of anilines is 1. The second-order valence-electron chi connectivity index (χ2n) is 4.53. The molecule has 2 aromatic carbocycles. The van der Waals surface area contributed by atoms with Crippen molar-refractivity contribution < 1.29 is 0 Å². The summed E-state index contributed by atoms with van der Waals surface area (Å²) in [6.07, 6.45) is 1.84. The number of fused-ring (bicyclic) bond motifs is 1. The minimum atomic E-state index is 0.212. The van der Waals surface area contributed by atoms with Gasteiger partial charge in [-0.1, -0.05) is 46.3 Å². The van der Waals surface area contributed by atoms with Crippen molar-refractivity contribution in [3.05, 3.63) is 58.7 Å². The molecule has 0 spiro atoms. The van der Waals surface area contributed by atoms with Crippen molar-refractivity contribution in [1.82, 2.24) is 10.2 Å². The highest BCUT2D eigenvalue weighted by atomic mass is 79.9. The largest absolute Gasteiger partial charge is 0.377 e. The number of benzene rings is 2. The number of rotatable bonds is 3. The van der Waals surface area contributed by atoms with Gasteiger partial charge in [0.05, 0.1) is 17.4 Å². The Morgan fingerprint density at radius 3 is 2.84 bits per heavy atom. The number of nitrogens with zero attached hydrogens (tertiary/aromatic N) is 1. The summed E-state index contributed by atoms with van der Waals surface area (Å²) in [5.74, 6) is 0. The first-order valence-electron chi connectivity index (χ1n) is 6.19. The molecule has 3 aromatic rings. The first-order chi connectivity index (χ1) is 9.25. The van der Waals surface area contributed by atoms with Crippen LogP contribution in [0.4, 0.5) is 5.69 Å². The predicted octanol–water partition coefficient (Wildman–Crippen LogP) is 4.50. The Balaban J connectivity index is 1.93. The summed E-state index contributed by atoms with van der Waals surface area (Å²) in [6, 6.07) is 14.6. The number of nitrogens with one attached hydrogen (secondary N) is 2. The zero-order chi connectivity index (χ0) is 13.2. The van der Waals surface area contributed by atoms with Crippen LogP contribution in [0.25, 0.3) is 10.9 Å². The molecule has 0 aliphatic carbocycles. The first-order valence-corrected chi connectivity index (χ1v) is 6.98. The SMILES string of the molecule is CC(Nc1cccc2cn[nH]c12)c1ccccc1Br. The van der Waals surface area contributed by atoms with Crippen LogP contribution in [0.2, 0.25) is 0 Å². The van der Waals surface area contributed by atoms with Crippen molar-refractivity contribution in [2.75, 3.05) is 5.32 Å². The topological polar surface area (TPSA) is 40.7 Å². The maximum Gasteiger partial charge on any atom is 0.0881 e. The van der Waals surface area contributed by atoms with Crippen molar-refractivity contribution in [3.63, 3.8) is 0 Å². The quantitative estimate of drug-likeness (QED) is 0.747. The average molecular weight is 316 g/mol. The molecule has 1 atom stereocenters. The molecule has 3 rings (SSSR count). The second kappa shape index (κ2) is 5.05. The number of hydrogen-bond acceptors (Lipinski definition) is 2. The molecule has 1 heterocycles. The van der Waals surface area contributed by atoms with Gasteiger partial charge in [0.25, 0.3) is 0 Å². The zero-order valence-corrected chi connectivity index (χ0v) is 12.1. The van der Waals surface area contributed by atoms with Gasteiger partial charge in [-0.3, -0.25) is 5.10 Å². The maximum atomic E-state index is 4.09. The highest BCUT2D eigenvalue weighted by Crippen LogP contribution is 2.28. The van der Waals surface area contributed by atoms with Gasteiger partial charge >= 0.3 is 0 Å². The van der Waals surface area contributed by atoms with Crippen LogP contribution in [-0.2, 0) is 0 Å². The first kappa shape index (κ1) is 12.2. The van der Waals surface area contributed by atoms with Gasteiger partial charge in [-0.25, -0.2) is 0 Å². The lowest BCUT2D eigenvalue weighted by molar-refractivity contribution is 0.880. The molecule has 4 heteroatoms. The van der Waals surface area contributed by atoms with E-state index in [2.05, 4.69) is 62.6 Å². The number of halogens is 1. The predicted molar refractivity (Wildman–Crippen MR) is 82.3 cm³/mol. The Bertz CT molecular complexity index is 705. The van der Waals surface area contributed by atoms with E-state index in [0.29, 0.717) is 0 Å². The molecular formula is C15H14BrN3. The molecule has 96 valence electrons. The van der Waals surface area contributed by atoms with Crippen molar-refractivity contribution in [1.29, 1.82) is 0 Å². The van der Waals surface area contributed by atoms with Crippen LogP contribution in [-0.4, -0.2) is 10.2 Å². The minimum Gasteiger partial charge on any atom is -0.377 e. The Morgan fingerprint density at radius 1 is 1.16 bits per heavy atom. The van der Waals surface area contributed by atoms with E-state index in [4.69, 9.17) is 0 Å². The molecule has 0 fully saturated rings. The molecule has 19 heavy (non-hydrogen) atoms. The standard InChI is InChI=1S/C15H14BrN3/c1-10(12-6-2-3-7-13(12)16)18-14-8-4-5-11-9-17-19-15(11)14/h2-10,18H,1H3,(H,17,19). The van der Waals surface area contributed by atoms with E-state index in [9.17, 15) is 0 Å². The van der Waals surface area contributed by atoms with Crippen molar-refractivity contribution in [2.45, 2.75) is 13.0 Å². The van der Waals surface area contributed by atoms with Crippen molar-refractivity contribution in [2.24, 2.45) is 0 Å². The van der Waals surface area contributed by atoms with Crippen LogP contribution < -0.4 is 5.32 Å². The summed E-state index contributed by atoms with van der Waals surface area (Å²) in [6.45, 7) is 2.15. The van der Waals surface area contributed by atoms with Gasteiger partial charge in [-0.05, 0) is 24.6 Å². The summed E-state index contributed by atoms with van der Waals surface area (Å²) < 4.78 is 1.12. The van der Waals surface area contributed by atoms with Gasteiger partial charge in [0, 0.05) is 15.9 Å². The van der Waals surface area contributed by atoms with Crippen molar-refractivity contribution >= 4 is 32.5 Å². The van der Waals surface area contributed by atoms with Crippen molar-refractivity contribution in [3.8, 4) is 0 Å². The third-order valence-corrected chi connectivity index (χ3v) is 3.94. The molecule has 2 N–H and O–H groups in total. The number of H-pyrrole nitrogens is 1. The molecule has 0 bridgehead atoms. The second-order valence-corrected chi connectivity index (χ2v) is 5.38. The summed E-state index contributed by atoms with van der Waals surface area (Å²) in [5.41, 5.74) is 3.35. The van der Waals surface area contributed by atoms with Crippen LogP contribution in [0.3, 0.4) is 0 Å². The Morgan fingerprint density at radius 2 is 2.00 bits per heavy atom. The van der Waals surface area contributed by atoms with Gasteiger partial charge in [0.1, 0.15) is 0 Å². The van der Waals surface area contributed by atoms with E-state index in [1.54, 1.807) is 0 Å². The fourth-order valence-corrected chi connectivity index (χ4v) is 2.85. The summed E-state index contributed by atoms with van der Waals surface area (Å²) in [5, 5.41) is 11.8. The molecule has 1 unspecified atom stereocenters. The van der Waals surface area contributed by atoms with E-state index in [1.807, 2.05) is 24.4 Å². The van der Waals surface area contributed by atoms with E-state index < -0.39 is 0 Å². The van der Waals surface area contributed by atoms with Crippen LogP contribution in [0.15, 0.2) is 53.1 Å². The van der Waals surface area contributed by atoms with Gasteiger partial charge < -0.3 is 5.32 Å². The summed E-state index contributed by atoms with van der Waals surface area (Å²) in [7, 11) is 0. The molecule has 0 saturated heterocycles. The Hall–Kier alpha value is -1.81. The fraction of sp³-hybridized carbons (Fsp3) is 0.133. The monoisotopic (exact) mass is 315 g/mol. The molecule has 0 aliphatic heterocycles. The lowest BCUT2D eigenvalue weighted by Gasteiger charge is -2.17. The van der Waals surface area contributed by atoms with E-state index in [0.717, 1.165) is 21.1 Å². The number of hydrogen-bond donors (Lipinski definition) is 2. The molecule has 0 saturated carbocycles. The highest BCUT2D eigenvalue weighted by Gasteiger charge is 2.10. The number of para-hydroxylation sites is 1. The lowest BCUT2D eigenvalue weighted by Crippen LogP contribution is -2.07. The van der Waals surface area contributed by atoms with E-state index >= 15 is 0 Å². The number of aromatic nitrogens is 2. The maximum absolute atomic E-state index is 4.09. The van der Waals surface area contributed by atoms with Crippen LogP contribution in [0, 0.1) is 0 Å². The fourth-order valence-electron chi connectivity index (χ4n) is 2.23. The van der Waals surface area contributed by atoms with Crippen LogP contribution >= 0.6 is 15.9 Å². The third kappa shape index (κ3) is 2.36. The highest BCUT2D eigenvalue weighted by molar-refractivity contribution is 9.10. The van der Waals surface area contributed by atoms with E-state index in [-0.39, 0.29) is 6.04 Å². The van der Waals surface area contributed by atoms with E-state index in [1.165, 1.54) is 5.56 Å². The molecule has 3 nitrogen and oxygen atoms in total. The lowest BCUT2D eigenvalue weighted by atomic mass is 10.1. The smallest absolute Gasteiger partial charge is 0.0881 e. The summed E-state index contributed by atoms with van der Waals surface area (Å²) >= 11 is 3.59. The summed E-state index contributed by atoms with van der Waals surface area (Å²) in [4.78, 5) is 0. The molecule has 0 aliphatic rings. The molecular weight excluding hydrogens is 302 g/mol. The molecule has 0 amide bonds. The Labute approximate surface area is 120 Å². The van der Waals surface area contributed by atoms with Gasteiger partial charge in [-0.2, -0.15) is 5.10 Å². The van der Waals surface area contributed by atoms with Crippen LogP contribution in [0.5, 0.6) is 0 Å². The molecule has 0 radical (unpaired) electrons.